The summed E-state index contributed by atoms with van der Waals surface area (Å²) in [5, 5.41) is 0. The highest BCUT2D eigenvalue weighted by Gasteiger charge is 2.21. The second-order valence-corrected chi connectivity index (χ2v) is 5.90. The Hall–Kier alpha value is -2.56. The Labute approximate surface area is 141 Å². The third-order valence-electron chi connectivity index (χ3n) is 4.27. The lowest BCUT2D eigenvalue weighted by Crippen LogP contribution is -2.50. The number of para-hydroxylation sites is 1. The van der Waals surface area contributed by atoms with E-state index in [-0.39, 0.29) is 18.3 Å². The van der Waals surface area contributed by atoms with Gasteiger partial charge in [0.25, 0.3) is 5.91 Å². The number of hydrogen-bond acceptors (Lipinski definition) is 3. The molecule has 1 aliphatic rings. The van der Waals surface area contributed by atoms with Crippen LogP contribution in [0, 0.1) is 12.7 Å². The number of benzene rings is 2. The second-order valence-electron chi connectivity index (χ2n) is 5.90. The highest BCUT2D eigenvalue weighted by molar-refractivity contribution is 5.78. The third-order valence-corrected chi connectivity index (χ3v) is 4.27. The number of ether oxygens (including phenoxy) is 1. The lowest BCUT2D eigenvalue weighted by atomic mass is 10.2. The first-order valence-corrected chi connectivity index (χ1v) is 8.10. The SMILES string of the molecule is Cc1ccccc1OCC(=O)N1CCN(c2ccc(F)cc2)CC1. The smallest absolute Gasteiger partial charge is 0.260 e. The van der Waals surface area contributed by atoms with Gasteiger partial charge in [0.05, 0.1) is 0 Å². The van der Waals surface area contributed by atoms with Gasteiger partial charge in [-0.25, -0.2) is 4.39 Å². The molecule has 24 heavy (non-hydrogen) atoms. The van der Waals surface area contributed by atoms with Gasteiger partial charge in [0.2, 0.25) is 0 Å². The van der Waals surface area contributed by atoms with Gasteiger partial charge in [-0.15, -0.1) is 0 Å². The molecule has 1 saturated heterocycles. The van der Waals surface area contributed by atoms with Gasteiger partial charge < -0.3 is 14.5 Å². The molecule has 0 aromatic heterocycles. The van der Waals surface area contributed by atoms with E-state index in [1.54, 1.807) is 12.1 Å². The van der Waals surface area contributed by atoms with E-state index in [1.807, 2.05) is 36.1 Å². The number of piperazine rings is 1. The minimum Gasteiger partial charge on any atom is -0.484 e. The number of carbonyl (C=O) groups excluding carboxylic acids is 1. The highest BCUT2D eigenvalue weighted by atomic mass is 19.1. The fourth-order valence-corrected chi connectivity index (χ4v) is 2.82. The van der Waals surface area contributed by atoms with E-state index in [0.29, 0.717) is 13.1 Å². The van der Waals surface area contributed by atoms with Crippen LogP contribution in [0.5, 0.6) is 5.75 Å². The van der Waals surface area contributed by atoms with E-state index in [2.05, 4.69) is 4.90 Å². The van der Waals surface area contributed by atoms with Gasteiger partial charge in [-0.3, -0.25) is 4.79 Å². The van der Waals surface area contributed by atoms with Gasteiger partial charge in [-0.1, -0.05) is 18.2 Å². The van der Waals surface area contributed by atoms with Gasteiger partial charge in [0.1, 0.15) is 11.6 Å². The fraction of sp³-hybridized carbons (Fsp3) is 0.316. The zero-order chi connectivity index (χ0) is 16.9. The molecule has 0 spiro atoms. The van der Waals surface area contributed by atoms with Crippen LogP contribution in [0.3, 0.4) is 0 Å². The molecule has 1 amide bonds. The predicted octanol–water partition coefficient (Wildman–Crippen LogP) is 2.86. The second kappa shape index (κ2) is 7.34. The molecule has 3 rings (SSSR count). The molecule has 0 bridgehead atoms. The van der Waals surface area contributed by atoms with E-state index in [4.69, 9.17) is 4.74 Å². The number of amides is 1. The maximum absolute atomic E-state index is 13.0. The summed E-state index contributed by atoms with van der Waals surface area (Å²) in [6.45, 7) is 4.78. The van der Waals surface area contributed by atoms with Crippen molar-refractivity contribution in [1.82, 2.24) is 4.90 Å². The number of halogens is 1. The average Bonchev–Trinajstić information content (AvgIpc) is 2.62. The summed E-state index contributed by atoms with van der Waals surface area (Å²) in [6.07, 6.45) is 0. The van der Waals surface area contributed by atoms with Gasteiger partial charge in [-0.2, -0.15) is 0 Å². The van der Waals surface area contributed by atoms with E-state index < -0.39 is 0 Å². The largest absolute Gasteiger partial charge is 0.484 e. The van der Waals surface area contributed by atoms with E-state index >= 15 is 0 Å². The summed E-state index contributed by atoms with van der Waals surface area (Å²) in [6, 6.07) is 14.1. The molecule has 0 atom stereocenters. The average molecular weight is 328 g/mol. The molecular weight excluding hydrogens is 307 g/mol. The molecule has 5 heteroatoms. The summed E-state index contributed by atoms with van der Waals surface area (Å²) in [4.78, 5) is 16.3. The van der Waals surface area contributed by atoms with Crippen molar-refractivity contribution in [3.05, 3.63) is 59.9 Å². The van der Waals surface area contributed by atoms with Crippen LogP contribution in [0.4, 0.5) is 10.1 Å². The maximum atomic E-state index is 13.0. The Morgan fingerprint density at radius 2 is 1.71 bits per heavy atom. The Kier molecular flexibility index (Phi) is 4.99. The lowest BCUT2D eigenvalue weighted by Gasteiger charge is -2.36. The van der Waals surface area contributed by atoms with Crippen LogP contribution in [0.2, 0.25) is 0 Å². The molecule has 1 aliphatic heterocycles. The molecule has 0 aliphatic carbocycles. The molecule has 1 heterocycles. The minimum absolute atomic E-state index is 0.00277. The summed E-state index contributed by atoms with van der Waals surface area (Å²) in [7, 11) is 0. The van der Waals surface area contributed by atoms with Crippen LogP contribution in [-0.4, -0.2) is 43.6 Å². The quantitative estimate of drug-likeness (QED) is 0.865. The molecule has 2 aromatic carbocycles. The Balaban J connectivity index is 1.50. The number of nitrogens with zero attached hydrogens (tertiary/aromatic N) is 2. The summed E-state index contributed by atoms with van der Waals surface area (Å²) < 4.78 is 18.6. The van der Waals surface area contributed by atoms with E-state index in [0.717, 1.165) is 30.1 Å². The van der Waals surface area contributed by atoms with E-state index in [1.165, 1.54) is 12.1 Å². The van der Waals surface area contributed by atoms with Crippen molar-refractivity contribution in [1.29, 1.82) is 0 Å². The lowest BCUT2D eigenvalue weighted by molar-refractivity contribution is -0.133. The Morgan fingerprint density at radius 1 is 1.04 bits per heavy atom. The molecule has 0 saturated carbocycles. The first kappa shape index (κ1) is 16.3. The standard InChI is InChI=1S/C19H21FN2O2/c1-15-4-2-3-5-18(15)24-14-19(23)22-12-10-21(11-13-22)17-8-6-16(20)7-9-17/h2-9H,10-14H2,1H3. The Morgan fingerprint density at radius 3 is 2.38 bits per heavy atom. The zero-order valence-corrected chi connectivity index (χ0v) is 13.7. The number of rotatable bonds is 4. The van der Waals surface area contributed by atoms with Crippen molar-refractivity contribution < 1.29 is 13.9 Å². The monoisotopic (exact) mass is 328 g/mol. The molecule has 2 aromatic rings. The van der Waals surface area contributed by atoms with Gasteiger partial charge >= 0.3 is 0 Å². The van der Waals surface area contributed by atoms with Crippen molar-refractivity contribution in [3.8, 4) is 5.75 Å². The number of aryl methyl sites for hydroxylation is 1. The van der Waals surface area contributed by atoms with Gasteiger partial charge in [-0.05, 0) is 42.8 Å². The molecule has 0 N–H and O–H groups in total. The molecule has 126 valence electrons. The van der Waals surface area contributed by atoms with Crippen LogP contribution in [-0.2, 0) is 4.79 Å². The van der Waals surface area contributed by atoms with Crippen molar-refractivity contribution in [2.24, 2.45) is 0 Å². The number of hydrogen-bond donors (Lipinski definition) is 0. The molecule has 0 radical (unpaired) electrons. The normalized spacial score (nSPS) is 14.6. The van der Waals surface area contributed by atoms with Crippen molar-refractivity contribution in [2.45, 2.75) is 6.92 Å². The minimum atomic E-state index is -0.235. The van der Waals surface area contributed by atoms with Gasteiger partial charge in [0, 0.05) is 31.9 Å². The van der Waals surface area contributed by atoms with Crippen LogP contribution >= 0.6 is 0 Å². The molecule has 4 nitrogen and oxygen atoms in total. The summed E-state index contributed by atoms with van der Waals surface area (Å²) in [5.74, 6) is 0.508. The Bertz CT molecular complexity index is 695. The number of carbonyl (C=O) groups is 1. The van der Waals surface area contributed by atoms with Crippen LogP contribution in [0.15, 0.2) is 48.5 Å². The van der Waals surface area contributed by atoms with Crippen LogP contribution < -0.4 is 9.64 Å². The van der Waals surface area contributed by atoms with Crippen molar-refractivity contribution >= 4 is 11.6 Å². The highest BCUT2D eigenvalue weighted by Crippen LogP contribution is 2.18. The van der Waals surface area contributed by atoms with Crippen molar-refractivity contribution in [2.75, 3.05) is 37.7 Å². The maximum Gasteiger partial charge on any atom is 0.260 e. The third kappa shape index (κ3) is 3.85. The summed E-state index contributed by atoms with van der Waals surface area (Å²) in [5.41, 5.74) is 2.01. The summed E-state index contributed by atoms with van der Waals surface area (Å²) >= 11 is 0. The van der Waals surface area contributed by atoms with E-state index in [9.17, 15) is 9.18 Å². The zero-order valence-electron chi connectivity index (χ0n) is 13.7. The van der Waals surface area contributed by atoms with Crippen LogP contribution in [0.1, 0.15) is 5.56 Å². The molecule has 0 unspecified atom stereocenters. The van der Waals surface area contributed by atoms with Crippen molar-refractivity contribution in [3.63, 3.8) is 0 Å². The number of anilines is 1. The predicted molar refractivity (Wildman–Crippen MR) is 91.9 cm³/mol. The molecule has 1 fully saturated rings. The molecular formula is C19H21FN2O2. The van der Waals surface area contributed by atoms with Gasteiger partial charge in [0.15, 0.2) is 6.61 Å². The topological polar surface area (TPSA) is 32.8 Å². The van der Waals surface area contributed by atoms with Crippen LogP contribution in [0.25, 0.3) is 0 Å². The first-order valence-electron chi connectivity index (χ1n) is 8.10. The first-order chi connectivity index (χ1) is 11.6. The fourth-order valence-electron chi connectivity index (χ4n) is 2.82.